The van der Waals surface area contributed by atoms with Crippen LogP contribution in [0.5, 0.6) is 0 Å². The quantitative estimate of drug-likeness (QED) is 0.402. The van der Waals surface area contributed by atoms with Gasteiger partial charge in [-0.1, -0.05) is 0 Å². The van der Waals surface area contributed by atoms with Crippen molar-refractivity contribution in [1.82, 2.24) is 9.97 Å². The molecule has 0 amide bonds. The van der Waals surface area contributed by atoms with Gasteiger partial charge in [-0.3, -0.25) is 0 Å². The Morgan fingerprint density at radius 2 is 2.25 bits per heavy atom. The minimum absolute atomic E-state index is 0.0856. The molecule has 1 aromatic heterocycles. The lowest BCUT2D eigenvalue weighted by molar-refractivity contribution is 0.296. The molecule has 4 N–H and O–H groups in total. The fourth-order valence-electron chi connectivity index (χ4n) is 0.625. The number of nitrogens with zero attached hydrogens (tertiary/aromatic N) is 2. The molecule has 1 aromatic rings. The average molecular weight is 167 g/mol. The highest BCUT2D eigenvalue weighted by Gasteiger charge is 1.97. The smallest absolute Gasteiger partial charge is 0.305 e. The second-order valence-corrected chi connectivity index (χ2v) is 1.91. The van der Waals surface area contributed by atoms with E-state index in [1.54, 1.807) is 0 Å². The zero-order valence-corrected chi connectivity index (χ0v) is 5.85. The van der Waals surface area contributed by atoms with Crippen LogP contribution in [0.25, 0.3) is 5.95 Å². The summed E-state index contributed by atoms with van der Waals surface area (Å²) in [5.74, 6) is 0.202. The first-order valence-electron chi connectivity index (χ1n) is 2.91. The number of carbonyl (C=O) groups excluding carboxylic acids is 1. The van der Waals surface area contributed by atoms with Crippen molar-refractivity contribution < 1.29 is 15.0 Å². The molecular weight excluding hydrogens is 162 g/mol. The number of rotatable bonds is 0. The molecule has 12 heavy (non-hydrogen) atoms. The summed E-state index contributed by atoms with van der Waals surface area (Å²) in [7, 11) is 0. The van der Waals surface area contributed by atoms with Crippen molar-refractivity contribution >= 4 is 17.7 Å². The third kappa shape index (κ3) is 1.33. The zero-order chi connectivity index (χ0) is 9.14. The van der Waals surface area contributed by atoms with Crippen LogP contribution in [0.3, 0.4) is 0 Å². The summed E-state index contributed by atoms with van der Waals surface area (Å²) in [4.78, 5) is 17.0. The number of hydrogen-bond donors (Lipinski definition) is 3. The minimum atomic E-state index is -1.03. The lowest BCUT2D eigenvalue weighted by atomic mass is 10.5. The lowest BCUT2D eigenvalue weighted by Gasteiger charge is -1.91. The van der Waals surface area contributed by atoms with Crippen molar-refractivity contribution in [1.29, 1.82) is 0 Å². The van der Waals surface area contributed by atoms with E-state index < -0.39 is 5.95 Å². The van der Waals surface area contributed by atoms with Crippen LogP contribution in [-0.4, -0.2) is 26.1 Å². The molecule has 0 aromatic carbocycles. The Labute approximate surface area is 66.3 Å². The van der Waals surface area contributed by atoms with Crippen molar-refractivity contribution in [3.05, 3.63) is 16.9 Å². The van der Waals surface area contributed by atoms with Gasteiger partial charge in [0, 0.05) is 0 Å². The van der Waals surface area contributed by atoms with E-state index in [2.05, 4.69) is 9.97 Å². The molecular formula is C6H5N3O3. The van der Waals surface area contributed by atoms with Crippen LogP contribution in [0.15, 0.2) is 6.20 Å². The summed E-state index contributed by atoms with van der Waals surface area (Å²) < 4.78 is 0. The van der Waals surface area contributed by atoms with Crippen LogP contribution in [-0.2, 0) is 4.79 Å². The maximum absolute atomic E-state index is 10.0. The molecule has 0 saturated carbocycles. The highest BCUT2D eigenvalue weighted by molar-refractivity contribution is 5.45. The van der Waals surface area contributed by atoms with E-state index >= 15 is 0 Å². The van der Waals surface area contributed by atoms with Gasteiger partial charge < -0.3 is 15.9 Å². The van der Waals surface area contributed by atoms with Crippen LogP contribution in [0.2, 0.25) is 0 Å². The molecule has 62 valence electrons. The van der Waals surface area contributed by atoms with Crippen molar-refractivity contribution in [2.45, 2.75) is 0 Å². The van der Waals surface area contributed by atoms with E-state index in [0.29, 0.717) is 0 Å². The molecule has 0 aliphatic carbocycles. The first-order chi connectivity index (χ1) is 5.65. The number of aliphatic hydroxyl groups excluding tert-OH is 1. The van der Waals surface area contributed by atoms with Crippen LogP contribution < -0.4 is 16.4 Å². The third-order valence-corrected chi connectivity index (χ3v) is 1.12. The summed E-state index contributed by atoms with van der Waals surface area (Å²) in [5.41, 5.74) is 5.20. The molecule has 0 aliphatic rings. The second-order valence-electron chi connectivity index (χ2n) is 1.91. The van der Waals surface area contributed by atoms with E-state index in [1.807, 2.05) is 0 Å². The van der Waals surface area contributed by atoms with E-state index in [9.17, 15) is 4.79 Å². The van der Waals surface area contributed by atoms with Gasteiger partial charge in [-0.25, -0.2) is 14.8 Å². The fourth-order valence-corrected chi connectivity index (χ4v) is 0.625. The summed E-state index contributed by atoms with van der Waals surface area (Å²) >= 11 is 0. The van der Waals surface area contributed by atoms with Crippen molar-refractivity contribution in [2.24, 2.45) is 0 Å². The summed E-state index contributed by atoms with van der Waals surface area (Å²) in [5, 5.41) is 16.8. The van der Waals surface area contributed by atoms with E-state index in [4.69, 9.17) is 15.9 Å². The molecule has 6 nitrogen and oxygen atoms in total. The highest BCUT2D eigenvalue weighted by Crippen LogP contribution is 1.79. The van der Waals surface area contributed by atoms with Gasteiger partial charge in [0.1, 0.15) is 0 Å². The first-order valence-corrected chi connectivity index (χ1v) is 2.91. The van der Waals surface area contributed by atoms with Crippen molar-refractivity contribution in [2.75, 3.05) is 5.73 Å². The number of anilines is 1. The normalized spacial score (nSPS) is 9.00. The van der Waals surface area contributed by atoms with Crippen molar-refractivity contribution in [3.63, 3.8) is 0 Å². The molecule has 1 rings (SSSR count). The Balaban J connectivity index is 3.64. The molecule has 0 radical (unpaired) electrons. The molecule has 0 fully saturated rings. The number of aliphatic hydroxyl groups is 2. The first kappa shape index (κ1) is 8.03. The Kier molecular flexibility index (Phi) is 1.94. The minimum Gasteiger partial charge on any atom is -0.479 e. The molecule has 0 bridgehead atoms. The van der Waals surface area contributed by atoms with E-state index in [1.165, 1.54) is 5.94 Å². The van der Waals surface area contributed by atoms with Gasteiger partial charge in [0.2, 0.25) is 0 Å². The van der Waals surface area contributed by atoms with Crippen molar-refractivity contribution in [3.8, 4) is 0 Å². The molecule has 0 spiro atoms. The van der Waals surface area contributed by atoms with Gasteiger partial charge in [-0.05, 0) is 0 Å². The van der Waals surface area contributed by atoms with Crippen LogP contribution in [0.4, 0.5) is 5.82 Å². The van der Waals surface area contributed by atoms with E-state index in [0.717, 1.165) is 6.20 Å². The Hall–Kier alpha value is -2.07. The molecule has 0 aliphatic heterocycles. The Morgan fingerprint density at radius 3 is 2.67 bits per heavy atom. The highest BCUT2D eigenvalue weighted by atomic mass is 16.5. The van der Waals surface area contributed by atoms with Gasteiger partial charge in [0.25, 0.3) is 0 Å². The molecule has 0 saturated heterocycles. The van der Waals surface area contributed by atoms with E-state index in [-0.39, 0.29) is 16.5 Å². The number of nitrogen functional groups attached to an aromatic ring is 1. The number of aromatic nitrogens is 2. The SMILES string of the molecule is Nc1nc(=C=O)cnc1=C(O)O. The predicted molar refractivity (Wildman–Crippen MR) is 39.2 cm³/mol. The molecule has 0 unspecified atom stereocenters. The summed E-state index contributed by atoms with van der Waals surface area (Å²) in [6.45, 7) is 0. The fraction of sp³-hybridized carbons (Fsp3) is 0. The van der Waals surface area contributed by atoms with Gasteiger partial charge in [0.15, 0.2) is 22.5 Å². The topological polar surface area (TPSA) is 109 Å². The predicted octanol–water partition coefficient (Wildman–Crippen LogP) is -2.26. The maximum Gasteiger partial charge on any atom is 0.305 e. The van der Waals surface area contributed by atoms with Crippen LogP contribution in [0.1, 0.15) is 0 Å². The zero-order valence-electron chi connectivity index (χ0n) is 5.85. The molecule has 1 heterocycles. The van der Waals surface area contributed by atoms with Crippen LogP contribution >= 0.6 is 0 Å². The standard InChI is InChI=1S/C6H5N3O3/c7-5-4(6(11)12)8-1-3(2-10)9-5/h1,11-12H,(H2,7,9). The molecule has 0 atom stereocenters. The average Bonchev–Trinajstić information content (AvgIpc) is 2.03. The maximum atomic E-state index is 10.0. The second kappa shape index (κ2) is 2.89. The summed E-state index contributed by atoms with van der Waals surface area (Å²) in [6.07, 6.45) is 1.03. The Morgan fingerprint density at radius 1 is 1.58 bits per heavy atom. The number of nitrogens with two attached hydrogens (primary N) is 1. The lowest BCUT2D eigenvalue weighted by Crippen LogP contribution is -2.25. The molecule has 6 heteroatoms. The van der Waals surface area contributed by atoms with Crippen LogP contribution in [0, 0.1) is 0 Å². The largest absolute Gasteiger partial charge is 0.479 e. The van der Waals surface area contributed by atoms with Gasteiger partial charge >= 0.3 is 5.95 Å². The van der Waals surface area contributed by atoms with Gasteiger partial charge in [0.05, 0.1) is 6.20 Å². The number of hydrogen-bond acceptors (Lipinski definition) is 6. The third-order valence-electron chi connectivity index (χ3n) is 1.12. The monoisotopic (exact) mass is 167 g/mol. The Bertz CT molecular complexity index is 432. The van der Waals surface area contributed by atoms with Gasteiger partial charge in [-0.15, -0.1) is 0 Å². The summed E-state index contributed by atoms with van der Waals surface area (Å²) in [6, 6.07) is 0. The van der Waals surface area contributed by atoms with Gasteiger partial charge in [-0.2, -0.15) is 0 Å².